The lowest BCUT2D eigenvalue weighted by molar-refractivity contribution is -0.142. The molecule has 0 aliphatic heterocycles. The first-order valence-electron chi connectivity index (χ1n) is 6.54. The average molecular weight is 284 g/mol. The summed E-state index contributed by atoms with van der Waals surface area (Å²) in [6, 6.07) is 1.50. The lowest BCUT2D eigenvalue weighted by Gasteiger charge is -2.12. The van der Waals surface area contributed by atoms with Crippen molar-refractivity contribution in [1.29, 1.82) is 0 Å². The highest BCUT2D eigenvalue weighted by atomic mass is 32.2. The zero-order valence-electron chi connectivity index (χ0n) is 11.6. The van der Waals surface area contributed by atoms with Gasteiger partial charge in [0.1, 0.15) is 5.25 Å². The Kier molecular flexibility index (Phi) is 6.62. The lowest BCUT2D eigenvalue weighted by atomic mass is 10.2. The number of ether oxygens (including phenoxy) is 1. The second-order valence-corrected chi connectivity index (χ2v) is 5.25. The first-order valence-corrected chi connectivity index (χ1v) is 7.42. The fourth-order valence-electron chi connectivity index (χ4n) is 1.59. The zero-order valence-corrected chi connectivity index (χ0v) is 12.4. The van der Waals surface area contributed by atoms with Crippen molar-refractivity contribution in [2.75, 3.05) is 6.61 Å². The number of rotatable bonds is 7. The largest absolute Gasteiger partial charge is 0.465 e. The molecule has 0 aliphatic rings. The van der Waals surface area contributed by atoms with Gasteiger partial charge >= 0.3 is 5.97 Å². The molecule has 0 aromatic carbocycles. The van der Waals surface area contributed by atoms with Gasteiger partial charge in [-0.15, -0.1) is 0 Å². The Morgan fingerprint density at radius 1 is 1.47 bits per heavy atom. The zero-order chi connectivity index (χ0) is 14.3. The van der Waals surface area contributed by atoms with E-state index in [1.165, 1.54) is 17.8 Å². The summed E-state index contributed by atoms with van der Waals surface area (Å²) in [4.78, 5) is 30.2. The predicted molar refractivity (Wildman–Crippen MR) is 75.4 cm³/mol. The number of H-pyrrole nitrogens is 1. The van der Waals surface area contributed by atoms with Gasteiger partial charge in [0.25, 0.3) is 5.56 Å². The molecular weight excluding hydrogens is 264 g/mol. The van der Waals surface area contributed by atoms with Crippen LogP contribution in [0.25, 0.3) is 0 Å². The lowest BCUT2D eigenvalue weighted by Crippen LogP contribution is -2.21. The van der Waals surface area contributed by atoms with Gasteiger partial charge in [0.2, 0.25) is 0 Å². The summed E-state index contributed by atoms with van der Waals surface area (Å²) < 4.78 is 5.00. The summed E-state index contributed by atoms with van der Waals surface area (Å²) in [5, 5.41) is 0.149. The minimum absolute atomic E-state index is 0.181. The van der Waals surface area contributed by atoms with E-state index < -0.39 is 0 Å². The van der Waals surface area contributed by atoms with Crippen LogP contribution >= 0.6 is 11.8 Å². The number of hydrogen-bond acceptors (Lipinski definition) is 5. The standard InChI is InChI=1S/C13H20N2O3S/c1-4-7-9-8-11(16)15-13(14-9)19-10(5-2)12(17)18-6-3/h8,10H,4-7H2,1-3H3,(H,14,15,16). The van der Waals surface area contributed by atoms with Crippen LogP contribution in [0.3, 0.4) is 0 Å². The van der Waals surface area contributed by atoms with Crippen LogP contribution in [-0.2, 0) is 16.0 Å². The van der Waals surface area contributed by atoms with E-state index in [2.05, 4.69) is 9.97 Å². The highest BCUT2D eigenvalue weighted by Gasteiger charge is 2.20. The topological polar surface area (TPSA) is 72.0 Å². The van der Waals surface area contributed by atoms with E-state index in [1.807, 2.05) is 13.8 Å². The molecule has 0 spiro atoms. The first kappa shape index (κ1) is 15.8. The molecule has 0 aliphatic carbocycles. The van der Waals surface area contributed by atoms with Crippen molar-refractivity contribution >= 4 is 17.7 Å². The van der Waals surface area contributed by atoms with Crippen LogP contribution in [-0.4, -0.2) is 27.8 Å². The molecule has 0 amide bonds. The summed E-state index contributed by atoms with van der Waals surface area (Å²) >= 11 is 1.25. The number of nitrogens with zero attached hydrogens (tertiary/aromatic N) is 1. The summed E-state index contributed by atoms with van der Waals surface area (Å²) in [6.45, 7) is 6.07. The molecule has 5 nitrogen and oxygen atoms in total. The van der Waals surface area contributed by atoms with Gasteiger partial charge in [-0.25, -0.2) is 4.98 Å². The molecule has 1 N–H and O–H groups in total. The van der Waals surface area contributed by atoms with Crippen molar-refractivity contribution in [1.82, 2.24) is 9.97 Å². The first-order chi connectivity index (χ1) is 9.10. The van der Waals surface area contributed by atoms with Gasteiger partial charge in [0, 0.05) is 11.8 Å². The van der Waals surface area contributed by atoms with Crippen LogP contribution in [0.1, 0.15) is 39.3 Å². The number of nitrogens with one attached hydrogen (secondary N) is 1. The van der Waals surface area contributed by atoms with E-state index in [0.29, 0.717) is 18.2 Å². The van der Waals surface area contributed by atoms with E-state index in [1.54, 1.807) is 6.92 Å². The molecule has 1 rings (SSSR count). The number of aryl methyl sites for hydroxylation is 1. The Labute approximate surface area is 117 Å². The molecule has 1 aromatic heterocycles. The van der Waals surface area contributed by atoms with E-state index in [0.717, 1.165) is 18.5 Å². The van der Waals surface area contributed by atoms with Crippen molar-refractivity contribution in [3.63, 3.8) is 0 Å². The van der Waals surface area contributed by atoms with Crippen molar-refractivity contribution in [3.8, 4) is 0 Å². The van der Waals surface area contributed by atoms with Crippen LogP contribution in [0.2, 0.25) is 0 Å². The molecule has 1 unspecified atom stereocenters. The molecule has 0 saturated carbocycles. The SMILES string of the molecule is CCCc1cc(=O)[nH]c(SC(CC)C(=O)OCC)n1. The number of hydrogen-bond donors (Lipinski definition) is 1. The van der Waals surface area contributed by atoms with Crippen LogP contribution in [0.4, 0.5) is 0 Å². The minimum atomic E-state index is -0.333. The van der Waals surface area contributed by atoms with E-state index in [4.69, 9.17) is 4.74 Å². The van der Waals surface area contributed by atoms with Crippen LogP contribution in [0.15, 0.2) is 16.0 Å². The Balaban J connectivity index is 2.84. The third kappa shape index (κ3) is 5.06. The predicted octanol–water partition coefficient (Wildman–Crippen LogP) is 2.16. The van der Waals surface area contributed by atoms with Crippen molar-refractivity contribution in [3.05, 3.63) is 22.1 Å². The van der Waals surface area contributed by atoms with Crippen molar-refractivity contribution in [2.24, 2.45) is 0 Å². The molecule has 1 aromatic rings. The third-order valence-corrected chi connectivity index (χ3v) is 3.68. The number of esters is 1. The van der Waals surface area contributed by atoms with Gasteiger partial charge in [-0.3, -0.25) is 9.59 Å². The summed E-state index contributed by atoms with van der Waals surface area (Å²) in [6.07, 6.45) is 2.31. The second-order valence-electron chi connectivity index (χ2n) is 4.06. The van der Waals surface area contributed by atoms with Gasteiger partial charge in [-0.05, 0) is 19.8 Å². The monoisotopic (exact) mass is 284 g/mol. The smallest absolute Gasteiger partial charge is 0.319 e. The molecule has 0 saturated heterocycles. The number of aromatic nitrogens is 2. The average Bonchev–Trinajstić information content (AvgIpc) is 2.36. The maximum atomic E-state index is 11.7. The molecule has 106 valence electrons. The van der Waals surface area contributed by atoms with E-state index >= 15 is 0 Å². The quantitative estimate of drug-likeness (QED) is 0.472. The van der Waals surface area contributed by atoms with Crippen LogP contribution in [0, 0.1) is 0 Å². The number of carbonyl (C=O) groups is 1. The molecular formula is C13H20N2O3S. The highest BCUT2D eigenvalue weighted by Crippen LogP contribution is 2.22. The van der Waals surface area contributed by atoms with E-state index in [9.17, 15) is 9.59 Å². The molecule has 19 heavy (non-hydrogen) atoms. The summed E-state index contributed by atoms with van der Waals surface area (Å²) in [5.41, 5.74) is 0.576. The van der Waals surface area contributed by atoms with Gasteiger partial charge < -0.3 is 9.72 Å². The Morgan fingerprint density at radius 3 is 2.79 bits per heavy atom. The van der Waals surface area contributed by atoms with E-state index in [-0.39, 0.29) is 16.8 Å². The van der Waals surface area contributed by atoms with Gasteiger partial charge in [0.05, 0.1) is 6.61 Å². The summed E-state index contributed by atoms with van der Waals surface area (Å²) in [7, 11) is 0. The molecule has 1 atom stereocenters. The molecule has 0 bridgehead atoms. The number of carbonyl (C=O) groups excluding carboxylic acids is 1. The van der Waals surface area contributed by atoms with Gasteiger partial charge in [0.15, 0.2) is 5.16 Å². The van der Waals surface area contributed by atoms with Crippen LogP contribution < -0.4 is 5.56 Å². The fraction of sp³-hybridized carbons (Fsp3) is 0.615. The normalized spacial score (nSPS) is 12.2. The second kappa shape index (κ2) is 7.99. The molecule has 6 heteroatoms. The molecule has 1 heterocycles. The molecule has 0 radical (unpaired) electrons. The Morgan fingerprint density at radius 2 is 2.21 bits per heavy atom. The Bertz CT molecular complexity index is 473. The van der Waals surface area contributed by atoms with Crippen LogP contribution in [0.5, 0.6) is 0 Å². The summed E-state index contributed by atoms with van der Waals surface area (Å²) in [5.74, 6) is -0.265. The fourth-order valence-corrected chi connectivity index (χ4v) is 2.52. The van der Waals surface area contributed by atoms with Crippen molar-refractivity contribution in [2.45, 2.75) is 50.4 Å². The number of aromatic amines is 1. The van der Waals surface area contributed by atoms with Gasteiger partial charge in [-0.1, -0.05) is 32.0 Å². The highest BCUT2D eigenvalue weighted by molar-refractivity contribution is 8.00. The number of thioether (sulfide) groups is 1. The maximum Gasteiger partial charge on any atom is 0.319 e. The Hall–Kier alpha value is -1.30. The molecule has 0 fully saturated rings. The van der Waals surface area contributed by atoms with Crippen molar-refractivity contribution < 1.29 is 9.53 Å². The maximum absolute atomic E-state index is 11.7. The third-order valence-electron chi connectivity index (χ3n) is 2.45. The minimum Gasteiger partial charge on any atom is -0.465 e. The van der Waals surface area contributed by atoms with Gasteiger partial charge in [-0.2, -0.15) is 0 Å².